The van der Waals surface area contributed by atoms with Crippen molar-refractivity contribution < 1.29 is 4.74 Å². The van der Waals surface area contributed by atoms with Crippen molar-refractivity contribution >= 4 is 11.6 Å². The third-order valence-corrected chi connectivity index (χ3v) is 3.32. The number of hydrogen-bond donors (Lipinski definition) is 1. The smallest absolute Gasteiger partial charge is 0.0732 e. The maximum atomic E-state index is 6.05. The van der Waals surface area contributed by atoms with E-state index >= 15 is 0 Å². The summed E-state index contributed by atoms with van der Waals surface area (Å²) in [5, 5.41) is 4.25. The van der Waals surface area contributed by atoms with Crippen LogP contribution in [-0.4, -0.2) is 19.2 Å². The van der Waals surface area contributed by atoms with E-state index in [9.17, 15) is 0 Å². The van der Waals surface area contributed by atoms with Crippen LogP contribution in [0.2, 0.25) is 5.02 Å². The van der Waals surface area contributed by atoms with E-state index < -0.39 is 0 Å². The number of halogens is 1. The van der Waals surface area contributed by atoms with E-state index in [2.05, 4.69) is 5.32 Å². The van der Waals surface area contributed by atoms with Crippen molar-refractivity contribution in [3.8, 4) is 0 Å². The molecule has 16 heavy (non-hydrogen) atoms. The Kier molecular flexibility index (Phi) is 4.64. The molecular weight excluding hydrogens is 222 g/mol. The lowest BCUT2D eigenvalue weighted by Gasteiger charge is -2.23. The van der Waals surface area contributed by atoms with E-state index in [4.69, 9.17) is 16.3 Å². The van der Waals surface area contributed by atoms with Gasteiger partial charge >= 0.3 is 0 Å². The first-order chi connectivity index (χ1) is 7.86. The van der Waals surface area contributed by atoms with Crippen LogP contribution in [0.15, 0.2) is 24.3 Å². The third-order valence-electron chi connectivity index (χ3n) is 2.95. The van der Waals surface area contributed by atoms with Gasteiger partial charge in [-0.15, -0.1) is 0 Å². The number of ether oxygens (including phenoxy) is 1. The van der Waals surface area contributed by atoms with Gasteiger partial charge in [0.1, 0.15) is 0 Å². The molecule has 1 heterocycles. The highest BCUT2D eigenvalue weighted by molar-refractivity contribution is 6.31. The number of benzene rings is 1. The fraction of sp³-hybridized carbons (Fsp3) is 0.538. The SMILES string of the molecule is Clc1ccccc1COC[C@@H]1CCCCN1. The standard InChI is InChI=1S/C13H18ClNO/c14-13-7-2-1-5-11(13)9-16-10-12-6-3-4-8-15-12/h1-2,5,7,12,15H,3-4,6,8-10H2/t12-/m0/s1. The maximum absolute atomic E-state index is 6.05. The van der Waals surface area contributed by atoms with Crippen LogP contribution in [0.5, 0.6) is 0 Å². The molecule has 2 nitrogen and oxygen atoms in total. The lowest BCUT2D eigenvalue weighted by atomic mass is 10.1. The van der Waals surface area contributed by atoms with Crippen LogP contribution in [-0.2, 0) is 11.3 Å². The molecule has 2 rings (SSSR count). The number of piperidine rings is 1. The highest BCUT2D eigenvalue weighted by atomic mass is 35.5. The van der Waals surface area contributed by atoms with E-state index in [0.29, 0.717) is 12.6 Å². The van der Waals surface area contributed by atoms with E-state index in [1.807, 2.05) is 24.3 Å². The molecule has 1 N–H and O–H groups in total. The average Bonchev–Trinajstić information content (AvgIpc) is 2.33. The van der Waals surface area contributed by atoms with Gasteiger partial charge in [0.2, 0.25) is 0 Å². The highest BCUT2D eigenvalue weighted by Gasteiger charge is 2.12. The molecule has 0 aromatic heterocycles. The van der Waals surface area contributed by atoms with Gasteiger partial charge in [-0.05, 0) is 31.0 Å². The maximum Gasteiger partial charge on any atom is 0.0732 e. The van der Waals surface area contributed by atoms with Gasteiger partial charge in [-0.2, -0.15) is 0 Å². The van der Waals surface area contributed by atoms with Gasteiger partial charge in [-0.25, -0.2) is 0 Å². The molecule has 1 fully saturated rings. The minimum absolute atomic E-state index is 0.524. The predicted molar refractivity (Wildman–Crippen MR) is 66.7 cm³/mol. The molecule has 1 aliphatic heterocycles. The van der Waals surface area contributed by atoms with Gasteiger partial charge in [-0.3, -0.25) is 0 Å². The Hall–Kier alpha value is -0.570. The van der Waals surface area contributed by atoms with Crippen molar-refractivity contribution in [2.45, 2.75) is 31.9 Å². The topological polar surface area (TPSA) is 21.3 Å². The second kappa shape index (κ2) is 6.24. The van der Waals surface area contributed by atoms with Gasteiger partial charge in [0.05, 0.1) is 13.2 Å². The zero-order valence-electron chi connectivity index (χ0n) is 9.42. The first-order valence-corrected chi connectivity index (χ1v) is 6.28. The average molecular weight is 240 g/mol. The number of nitrogens with one attached hydrogen (secondary N) is 1. The van der Waals surface area contributed by atoms with Crippen molar-refractivity contribution in [2.24, 2.45) is 0 Å². The molecule has 3 heteroatoms. The van der Waals surface area contributed by atoms with E-state index in [-0.39, 0.29) is 0 Å². The minimum Gasteiger partial charge on any atom is -0.375 e. The molecule has 0 aliphatic carbocycles. The number of hydrogen-bond acceptors (Lipinski definition) is 2. The monoisotopic (exact) mass is 239 g/mol. The summed E-state index contributed by atoms with van der Waals surface area (Å²) in [6.07, 6.45) is 3.83. The van der Waals surface area contributed by atoms with Crippen LogP contribution in [0.25, 0.3) is 0 Å². The van der Waals surface area contributed by atoms with Gasteiger partial charge in [-0.1, -0.05) is 36.2 Å². The van der Waals surface area contributed by atoms with Crippen LogP contribution in [0.3, 0.4) is 0 Å². The Bertz CT molecular complexity index is 323. The summed E-state index contributed by atoms with van der Waals surface area (Å²) in [4.78, 5) is 0. The molecule has 1 saturated heterocycles. The Balaban J connectivity index is 1.73. The van der Waals surface area contributed by atoms with Crippen molar-refractivity contribution in [1.82, 2.24) is 5.32 Å². The lowest BCUT2D eigenvalue weighted by molar-refractivity contribution is 0.0912. The molecule has 0 spiro atoms. The molecule has 0 radical (unpaired) electrons. The summed E-state index contributed by atoms with van der Waals surface area (Å²) in [6.45, 7) is 2.52. The summed E-state index contributed by atoms with van der Waals surface area (Å²) in [5.74, 6) is 0. The number of rotatable bonds is 4. The molecule has 1 atom stereocenters. The molecular formula is C13H18ClNO. The Morgan fingerprint density at radius 3 is 2.94 bits per heavy atom. The molecule has 0 unspecified atom stereocenters. The zero-order valence-corrected chi connectivity index (χ0v) is 10.2. The predicted octanol–water partition coefficient (Wildman–Crippen LogP) is 3.00. The van der Waals surface area contributed by atoms with E-state index in [1.54, 1.807) is 0 Å². The van der Waals surface area contributed by atoms with E-state index in [0.717, 1.165) is 23.7 Å². The van der Waals surface area contributed by atoms with Crippen molar-refractivity contribution in [3.05, 3.63) is 34.9 Å². The zero-order chi connectivity index (χ0) is 11.2. The quantitative estimate of drug-likeness (QED) is 0.872. The van der Waals surface area contributed by atoms with E-state index in [1.165, 1.54) is 19.3 Å². The first kappa shape index (κ1) is 11.9. The summed E-state index contributed by atoms with van der Waals surface area (Å²) in [7, 11) is 0. The Labute approximate surface area is 102 Å². The van der Waals surface area contributed by atoms with Crippen molar-refractivity contribution in [3.63, 3.8) is 0 Å². The molecule has 1 aromatic rings. The second-order valence-corrected chi connectivity index (χ2v) is 4.66. The molecule has 1 aliphatic rings. The van der Waals surface area contributed by atoms with Gasteiger partial charge in [0, 0.05) is 11.1 Å². The van der Waals surface area contributed by atoms with Crippen LogP contribution >= 0.6 is 11.6 Å². The normalized spacial score (nSPS) is 20.9. The summed E-state index contributed by atoms with van der Waals surface area (Å²) in [6, 6.07) is 8.37. The van der Waals surface area contributed by atoms with Crippen LogP contribution in [0.1, 0.15) is 24.8 Å². The highest BCUT2D eigenvalue weighted by Crippen LogP contribution is 2.16. The lowest BCUT2D eigenvalue weighted by Crippen LogP contribution is -2.37. The van der Waals surface area contributed by atoms with Crippen LogP contribution in [0, 0.1) is 0 Å². The van der Waals surface area contributed by atoms with Crippen molar-refractivity contribution in [2.75, 3.05) is 13.2 Å². The first-order valence-electron chi connectivity index (χ1n) is 5.91. The van der Waals surface area contributed by atoms with Gasteiger partial charge in [0.15, 0.2) is 0 Å². The summed E-state index contributed by atoms with van der Waals surface area (Å²) < 4.78 is 5.69. The van der Waals surface area contributed by atoms with Crippen molar-refractivity contribution in [1.29, 1.82) is 0 Å². The fourth-order valence-electron chi connectivity index (χ4n) is 1.99. The third kappa shape index (κ3) is 3.48. The largest absolute Gasteiger partial charge is 0.375 e. The van der Waals surface area contributed by atoms with Crippen LogP contribution in [0.4, 0.5) is 0 Å². The summed E-state index contributed by atoms with van der Waals surface area (Å²) in [5.41, 5.74) is 1.07. The molecule has 0 saturated carbocycles. The fourth-order valence-corrected chi connectivity index (χ4v) is 2.18. The molecule has 88 valence electrons. The second-order valence-electron chi connectivity index (χ2n) is 4.25. The Morgan fingerprint density at radius 2 is 2.19 bits per heavy atom. The molecule has 1 aromatic carbocycles. The summed E-state index contributed by atoms with van der Waals surface area (Å²) >= 11 is 6.05. The van der Waals surface area contributed by atoms with Gasteiger partial charge < -0.3 is 10.1 Å². The minimum atomic E-state index is 0.524. The molecule has 0 amide bonds. The Morgan fingerprint density at radius 1 is 1.31 bits per heavy atom. The van der Waals surface area contributed by atoms with Crippen LogP contribution < -0.4 is 5.32 Å². The van der Waals surface area contributed by atoms with Gasteiger partial charge in [0.25, 0.3) is 0 Å². The molecule has 0 bridgehead atoms.